The molecule has 0 heterocycles. The van der Waals surface area contributed by atoms with Crippen LogP contribution in [0.2, 0.25) is 0 Å². The molecule has 0 atom stereocenters. The van der Waals surface area contributed by atoms with Crippen molar-refractivity contribution in [3.63, 3.8) is 0 Å². The summed E-state index contributed by atoms with van der Waals surface area (Å²) in [6, 6.07) is 0. The van der Waals surface area contributed by atoms with Gasteiger partial charge < -0.3 is 0 Å². The molecule has 0 saturated carbocycles. The SMILES string of the molecule is C.CC.CC.CC1C=CC=C1. The Balaban J connectivity index is -0.000000114. The Morgan fingerprint density at radius 2 is 1.09 bits per heavy atom. The predicted octanol–water partition coefficient (Wildman–Crippen LogP) is 4.44. The van der Waals surface area contributed by atoms with Gasteiger partial charge in [-0.05, 0) is 5.92 Å². The molecule has 0 nitrogen and oxygen atoms in total. The van der Waals surface area contributed by atoms with Gasteiger partial charge in [0.25, 0.3) is 0 Å². The first-order chi connectivity index (χ1) is 4.89. The van der Waals surface area contributed by atoms with Gasteiger partial charge in [0.2, 0.25) is 0 Å². The summed E-state index contributed by atoms with van der Waals surface area (Å²) in [5.74, 6) is 0.685. The molecule has 0 N–H and O–H groups in total. The lowest BCUT2D eigenvalue weighted by Crippen LogP contribution is -1.72. The Hall–Kier alpha value is -0.520. The van der Waals surface area contributed by atoms with Gasteiger partial charge in [0.1, 0.15) is 0 Å². The summed E-state index contributed by atoms with van der Waals surface area (Å²) in [5.41, 5.74) is 0. The van der Waals surface area contributed by atoms with Crippen molar-refractivity contribution in [2.45, 2.75) is 42.0 Å². The maximum absolute atomic E-state index is 2.17. The van der Waals surface area contributed by atoms with Crippen LogP contribution >= 0.6 is 0 Å². The second kappa shape index (κ2) is 16.2. The van der Waals surface area contributed by atoms with E-state index in [1.165, 1.54) is 0 Å². The molecule has 1 aliphatic carbocycles. The fourth-order valence-corrected chi connectivity index (χ4v) is 0.543. The first kappa shape index (κ1) is 16.8. The zero-order valence-electron chi connectivity index (χ0n) is 7.89. The molecule has 0 radical (unpaired) electrons. The molecule has 1 rings (SSSR count). The molecule has 0 amide bonds. The lowest BCUT2D eigenvalue weighted by atomic mass is 10.2. The monoisotopic (exact) mass is 156 g/mol. The standard InChI is InChI=1S/C6H8.2C2H6.CH4/c1-6-4-2-3-5-6;2*1-2;/h2-6H,1H3;2*1-2H3;1H4. The average molecular weight is 156 g/mol. The second-order valence-electron chi connectivity index (χ2n) is 1.63. The minimum Gasteiger partial charge on any atom is -0.0779 e. The van der Waals surface area contributed by atoms with Gasteiger partial charge in [0.05, 0.1) is 0 Å². The second-order valence-corrected chi connectivity index (χ2v) is 1.63. The van der Waals surface area contributed by atoms with Gasteiger partial charge in [-0.25, -0.2) is 0 Å². The Kier molecular flexibility index (Phi) is 24.8. The van der Waals surface area contributed by atoms with Crippen molar-refractivity contribution in [2.24, 2.45) is 5.92 Å². The van der Waals surface area contributed by atoms with Crippen molar-refractivity contribution in [1.82, 2.24) is 0 Å². The molecule has 0 aromatic carbocycles. The van der Waals surface area contributed by atoms with Gasteiger partial charge in [0, 0.05) is 0 Å². The third-order valence-corrected chi connectivity index (χ3v) is 0.940. The summed E-state index contributed by atoms with van der Waals surface area (Å²) in [6.45, 7) is 10.2. The van der Waals surface area contributed by atoms with E-state index >= 15 is 0 Å². The number of allylic oxidation sites excluding steroid dienone is 4. The van der Waals surface area contributed by atoms with Crippen LogP contribution in [0.5, 0.6) is 0 Å². The molecular weight excluding hydrogens is 132 g/mol. The third-order valence-electron chi connectivity index (χ3n) is 0.940. The molecule has 0 unspecified atom stereocenters. The molecule has 1 aliphatic rings. The fourth-order valence-electron chi connectivity index (χ4n) is 0.543. The molecule has 0 fully saturated rings. The maximum atomic E-state index is 2.17. The maximum Gasteiger partial charge on any atom is -0.00756 e. The van der Waals surface area contributed by atoms with E-state index in [9.17, 15) is 0 Å². The lowest BCUT2D eigenvalue weighted by Gasteiger charge is -1.84. The summed E-state index contributed by atoms with van der Waals surface area (Å²) in [7, 11) is 0. The van der Waals surface area contributed by atoms with Crippen LogP contribution in [0.25, 0.3) is 0 Å². The normalized spacial score (nSPS) is 12.1. The molecular formula is C11H24. The van der Waals surface area contributed by atoms with Crippen molar-refractivity contribution in [1.29, 1.82) is 0 Å². The summed E-state index contributed by atoms with van der Waals surface area (Å²) < 4.78 is 0. The van der Waals surface area contributed by atoms with E-state index in [2.05, 4.69) is 31.2 Å². The van der Waals surface area contributed by atoms with Crippen LogP contribution in [-0.4, -0.2) is 0 Å². The average Bonchev–Trinajstić information content (AvgIpc) is 2.48. The van der Waals surface area contributed by atoms with Gasteiger partial charge in [-0.1, -0.05) is 66.3 Å². The van der Waals surface area contributed by atoms with Gasteiger partial charge in [0.15, 0.2) is 0 Å². The minimum atomic E-state index is 0. The fraction of sp³-hybridized carbons (Fsp3) is 0.636. The topological polar surface area (TPSA) is 0 Å². The van der Waals surface area contributed by atoms with Gasteiger partial charge in [-0.2, -0.15) is 0 Å². The molecule has 68 valence electrons. The number of hydrogen-bond donors (Lipinski definition) is 0. The van der Waals surface area contributed by atoms with Crippen molar-refractivity contribution < 1.29 is 0 Å². The van der Waals surface area contributed by atoms with E-state index in [1.807, 2.05) is 27.7 Å². The summed E-state index contributed by atoms with van der Waals surface area (Å²) in [4.78, 5) is 0. The van der Waals surface area contributed by atoms with E-state index < -0.39 is 0 Å². The molecule has 0 heteroatoms. The van der Waals surface area contributed by atoms with Crippen LogP contribution in [0.3, 0.4) is 0 Å². The Morgan fingerprint density at radius 3 is 1.18 bits per heavy atom. The van der Waals surface area contributed by atoms with Gasteiger partial charge >= 0.3 is 0 Å². The smallest absolute Gasteiger partial charge is 0.00756 e. The van der Waals surface area contributed by atoms with E-state index in [-0.39, 0.29) is 7.43 Å². The number of rotatable bonds is 0. The van der Waals surface area contributed by atoms with E-state index in [0.717, 1.165) is 0 Å². The highest BCUT2D eigenvalue weighted by atomic mass is 14.0. The molecule has 0 saturated heterocycles. The van der Waals surface area contributed by atoms with Crippen LogP contribution < -0.4 is 0 Å². The predicted molar refractivity (Wildman–Crippen MR) is 56.9 cm³/mol. The van der Waals surface area contributed by atoms with Gasteiger partial charge in [-0.3, -0.25) is 0 Å². The molecule has 0 aromatic heterocycles. The zero-order chi connectivity index (χ0) is 8.41. The largest absolute Gasteiger partial charge is 0.0779 e. The highest BCUT2D eigenvalue weighted by Crippen LogP contribution is 2.04. The van der Waals surface area contributed by atoms with Crippen LogP contribution in [0.4, 0.5) is 0 Å². The first-order valence-electron chi connectivity index (χ1n) is 4.24. The van der Waals surface area contributed by atoms with Crippen molar-refractivity contribution in [3.05, 3.63) is 24.3 Å². The molecule has 11 heavy (non-hydrogen) atoms. The van der Waals surface area contributed by atoms with E-state index in [4.69, 9.17) is 0 Å². The summed E-state index contributed by atoms with van der Waals surface area (Å²) >= 11 is 0. The van der Waals surface area contributed by atoms with Crippen LogP contribution in [0.15, 0.2) is 24.3 Å². The van der Waals surface area contributed by atoms with Crippen LogP contribution in [0.1, 0.15) is 42.0 Å². The van der Waals surface area contributed by atoms with Crippen molar-refractivity contribution in [3.8, 4) is 0 Å². The minimum absolute atomic E-state index is 0. The van der Waals surface area contributed by atoms with Crippen LogP contribution in [-0.2, 0) is 0 Å². The zero-order valence-corrected chi connectivity index (χ0v) is 7.89. The number of hydrogen-bond acceptors (Lipinski definition) is 0. The summed E-state index contributed by atoms with van der Waals surface area (Å²) in [5, 5.41) is 0. The molecule has 0 aliphatic heterocycles. The van der Waals surface area contributed by atoms with E-state index in [0.29, 0.717) is 5.92 Å². The molecule has 0 aromatic rings. The van der Waals surface area contributed by atoms with Gasteiger partial charge in [-0.15, -0.1) is 0 Å². The lowest BCUT2D eigenvalue weighted by molar-refractivity contribution is 0.958. The van der Waals surface area contributed by atoms with Crippen LogP contribution in [0, 0.1) is 5.92 Å². The van der Waals surface area contributed by atoms with Crippen molar-refractivity contribution >= 4 is 0 Å². The quantitative estimate of drug-likeness (QED) is 0.486. The highest BCUT2D eigenvalue weighted by Gasteiger charge is 1.89. The molecule has 0 spiro atoms. The summed E-state index contributed by atoms with van der Waals surface area (Å²) in [6.07, 6.45) is 8.48. The molecule has 0 bridgehead atoms. The first-order valence-corrected chi connectivity index (χ1v) is 4.24. The Morgan fingerprint density at radius 1 is 0.818 bits per heavy atom. The van der Waals surface area contributed by atoms with Crippen molar-refractivity contribution in [2.75, 3.05) is 0 Å². The third kappa shape index (κ3) is 12.6. The van der Waals surface area contributed by atoms with E-state index in [1.54, 1.807) is 0 Å². The highest BCUT2D eigenvalue weighted by molar-refractivity contribution is 5.15. The Labute approximate surface area is 73.0 Å². The Bertz CT molecular complexity index is 76.2.